The molecule has 0 aliphatic rings. The van der Waals surface area contributed by atoms with E-state index in [-0.39, 0.29) is 0 Å². The van der Waals surface area contributed by atoms with Crippen LogP contribution in [0.4, 0.5) is 0 Å². The van der Waals surface area contributed by atoms with Crippen molar-refractivity contribution in [3.63, 3.8) is 0 Å². The molecule has 0 N–H and O–H groups in total. The van der Waals surface area contributed by atoms with Crippen LogP contribution in [0.25, 0.3) is 94.6 Å². The highest BCUT2D eigenvalue weighted by atomic mass is 15.2. The smallest absolute Gasteiger partial charge is 0.238 e. The highest BCUT2D eigenvalue weighted by molar-refractivity contribution is 6.14. The lowest BCUT2D eigenvalue weighted by molar-refractivity contribution is 0.953. The molecule has 7 aromatic carbocycles. The molecule has 0 radical (unpaired) electrons. The minimum Gasteiger partial charge on any atom is -0.278 e. The standard InChI is InChI=1S/C46H29N5/c1-4-14-30(15-5-1)33-25-27-40-39(28-33)35-20-10-11-22-38(35)43(47-40)34-24-26-37-36-21-12-13-23-41(36)51(42(37)29-34)46-49-44(31-16-6-2-7-17-31)48-45(50-46)32-18-8-3-9-19-32/h1-29H. The van der Waals surface area contributed by atoms with Gasteiger partial charge < -0.3 is 0 Å². The molecule has 0 saturated heterocycles. The van der Waals surface area contributed by atoms with Gasteiger partial charge in [-0.15, -0.1) is 0 Å². The average molecular weight is 652 g/mol. The first-order valence-electron chi connectivity index (χ1n) is 17.1. The fraction of sp³-hybridized carbons (Fsp3) is 0. The van der Waals surface area contributed by atoms with Gasteiger partial charge in [0, 0.05) is 38.2 Å². The Morgan fingerprint density at radius 1 is 0.314 bits per heavy atom. The van der Waals surface area contributed by atoms with E-state index in [1.165, 1.54) is 16.5 Å². The lowest BCUT2D eigenvalue weighted by Gasteiger charge is -2.13. The van der Waals surface area contributed by atoms with Crippen molar-refractivity contribution < 1.29 is 0 Å². The summed E-state index contributed by atoms with van der Waals surface area (Å²) in [4.78, 5) is 20.5. The monoisotopic (exact) mass is 651 g/mol. The number of nitrogens with zero attached hydrogens (tertiary/aromatic N) is 5. The molecule has 51 heavy (non-hydrogen) atoms. The second kappa shape index (κ2) is 11.9. The average Bonchev–Trinajstić information content (AvgIpc) is 3.55. The third-order valence-corrected chi connectivity index (χ3v) is 9.64. The molecular weight excluding hydrogens is 623 g/mol. The van der Waals surface area contributed by atoms with E-state index in [9.17, 15) is 0 Å². The number of hydrogen-bond donors (Lipinski definition) is 0. The predicted octanol–water partition coefficient (Wildman–Crippen LogP) is 11.3. The van der Waals surface area contributed by atoms with E-state index in [1.54, 1.807) is 0 Å². The van der Waals surface area contributed by atoms with Crippen molar-refractivity contribution in [3.8, 4) is 51.1 Å². The number of pyridine rings is 1. The van der Waals surface area contributed by atoms with E-state index in [1.807, 2.05) is 60.7 Å². The summed E-state index contributed by atoms with van der Waals surface area (Å²) in [5, 5.41) is 5.67. The summed E-state index contributed by atoms with van der Waals surface area (Å²) in [5.41, 5.74) is 9.19. The Morgan fingerprint density at radius 3 is 1.55 bits per heavy atom. The zero-order valence-corrected chi connectivity index (χ0v) is 27.5. The molecule has 0 saturated carbocycles. The van der Waals surface area contributed by atoms with E-state index in [2.05, 4.69) is 120 Å². The first-order valence-corrected chi connectivity index (χ1v) is 17.1. The third kappa shape index (κ3) is 4.94. The van der Waals surface area contributed by atoms with Gasteiger partial charge in [0.1, 0.15) is 0 Å². The van der Waals surface area contributed by atoms with Gasteiger partial charge in [-0.2, -0.15) is 9.97 Å². The van der Waals surface area contributed by atoms with E-state index in [0.717, 1.165) is 60.5 Å². The Kier molecular flexibility index (Phi) is 6.74. The van der Waals surface area contributed by atoms with E-state index < -0.39 is 0 Å². The summed E-state index contributed by atoms with van der Waals surface area (Å²) < 4.78 is 2.17. The fourth-order valence-corrected chi connectivity index (χ4v) is 7.22. The van der Waals surface area contributed by atoms with Crippen LogP contribution in [0.3, 0.4) is 0 Å². The molecule has 10 aromatic rings. The van der Waals surface area contributed by atoms with Crippen LogP contribution in [-0.4, -0.2) is 24.5 Å². The summed E-state index contributed by atoms with van der Waals surface area (Å²) >= 11 is 0. The SMILES string of the molecule is c1ccc(-c2ccc3nc(-c4ccc5c6ccccc6n(-c6nc(-c7ccccc7)nc(-c7ccccc7)n6)c5c4)c4ccccc4c3c2)cc1. The van der Waals surface area contributed by atoms with Crippen molar-refractivity contribution in [1.82, 2.24) is 24.5 Å². The second-order valence-electron chi connectivity index (χ2n) is 12.7. The number of para-hydroxylation sites is 1. The Bertz CT molecular complexity index is 2840. The van der Waals surface area contributed by atoms with Crippen LogP contribution in [-0.2, 0) is 0 Å². The van der Waals surface area contributed by atoms with Gasteiger partial charge in [0.25, 0.3) is 0 Å². The topological polar surface area (TPSA) is 56.5 Å². The molecule has 10 rings (SSSR count). The van der Waals surface area contributed by atoms with Gasteiger partial charge in [-0.1, -0.05) is 152 Å². The molecule has 0 amide bonds. The summed E-state index contributed by atoms with van der Waals surface area (Å²) in [5.74, 6) is 1.81. The lowest BCUT2D eigenvalue weighted by atomic mass is 9.97. The van der Waals surface area contributed by atoms with Crippen molar-refractivity contribution in [2.24, 2.45) is 0 Å². The highest BCUT2D eigenvalue weighted by Crippen LogP contribution is 2.38. The van der Waals surface area contributed by atoms with Crippen LogP contribution in [0, 0.1) is 0 Å². The van der Waals surface area contributed by atoms with Crippen LogP contribution >= 0.6 is 0 Å². The Hall–Kier alpha value is -6.98. The van der Waals surface area contributed by atoms with Crippen molar-refractivity contribution in [3.05, 3.63) is 176 Å². The summed E-state index contributed by atoms with van der Waals surface area (Å²) in [7, 11) is 0. The first kappa shape index (κ1) is 29.0. The summed E-state index contributed by atoms with van der Waals surface area (Å²) in [6.45, 7) is 0. The number of benzene rings is 7. The number of rotatable bonds is 5. The summed E-state index contributed by atoms with van der Waals surface area (Å²) in [6, 6.07) is 61.0. The van der Waals surface area contributed by atoms with E-state index in [0.29, 0.717) is 17.6 Å². The van der Waals surface area contributed by atoms with Crippen LogP contribution in [0.1, 0.15) is 0 Å². The maximum absolute atomic E-state index is 5.33. The van der Waals surface area contributed by atoms with Gasteiger partial charge >= 0.3 is 0 Å². The van der Waals surface area contributed by atoms with Crippen LogP contribution in [0.5, 0.6) is 0 Å². The first-order chi connectivity index (χ1) is 25.3. The second-order valence-corrected chi connectivity index (χ2v) is 12.7. The molecule has 3 heterocycles. The number of fused-ring (bicyclic) bond motifs is 6. The Labute approximate surface area is 294 Å². The predicted molar refractivity (Wildman–Crippen MR) is 209 cm³/mol. The lowest BCUT2D eigenvalue weighted by Crippen LogP contribution is -2.06. The molecule has 0 bridgehead atoms. The zero-order chi connectivity index (χ0) is 33.7. The molecule has 0 unspecified atom stereocenters. The minimum atomic E-state index is 0.566. The molecule has 0 aliphatic heterocycles. The van der Waals surface area contributed by atoms with Crippen molar-refractivity contribution in [2.75, 3.05) is 0 Å². The molecule has 0 atom stereocenters. The molecule has 5 nitrogen and oxygen atoms in total. The quantitative estimate of drug-likeness (QED) is 0.174. The molecule has 5 heteroatoms. The van der Waals surface area contributed by atoms with Gasteiger partial charge in [-0.25, -0.2) is 9.97 Å². The van der Waals surface area contributed by atoms with Gasteiger partial charge in [-0.3, -0.25) is 4.57 Å². The number of hydrogen-bond acceptors (Lipinski definition) is 4. The van der Waals surface area contributed by atoms with Crippen LogP contribution in [0.2, 0.25) is 0 Å². The van der Waals surface area contributed by atoms with Crippen LogP contribution in [0.15, 0.2) is 176 Å². The van der Waals surface area contributed by atoms with E-state index in [4.69, 9.17) is 19.9 Å². The molecule has 0 aliphatic carbocycles. The third-order valence-electron chi connectivity index (χ3n) is 9.64. The van der Waals surface area contributed by atoms with Crippen LogP contribution < -0.4 is 0 Å². The van der Waals surface area contributed by atoms with Gasteiger partial charge in [-0.05, 0) is 40.8 Å². The van der Waals surface area contributed by atoms with Crippen molar-refractivity contribution >= 4 is 43.5 Å². The fourth-order valence-electron chi connectivity index (χ4n) is 7.22. The maximum atomic E-state index is 5.33. The zero-order valence-electron chi connectivity index (χ0n) is 27.5. The Balaban J connectivity index is 1.22. The largest absolute Gasteiger partial charge is 0.278 e. The van der Waals surface area contributed by atoms with Gasteiger partial charge in [0.05, 0.1) is 22.2 Å². The number of aromatic nitrogens is 5. The molecule has 238 valence electrons. The van der Waals surface area contributed by atoms with Gasteiger partial charge in [0.15, 0.2) is 11.6 Å². The Morgan fingerprint density at radius 2 is 0.863 bits per heavy atom. The molecule has 0 spiro atoms. The minimum absolute atomic E-state index is 0.566. The normalized spacial score (nSPS) is 11.5. The summed E-state index contributed by atoms with van der Waals surface area (Å²) in [6.07, 6.45) is 0. The molecular formula is C46H29N5. The van der Waals surface area contributed by atoms with Crippen molar-refractivity contribution in [2.45, 2.75) is 0 Å². The molecule has 0 fully saturated rings. The molecule has 3 aromatic heterocycles. The highest BCUT2D eigenvalue weighted by Gasteiger charge is 2.19. The van der Waals surface area contributed by atoms with Gasteiger partial charge in [0.2, 0.25) is 5.95 Å². The maximum Gasteiger partial charge on any atom is 0.238 e. The van der Waals surface area contributed by atoms with Crippen molar-refractivity contribution in [1.29, 1.82) is 0 Å². The van der Waals surface area contributed by atoms with E-state index >= 15 is 0 Å².